The molecule has 18 heavy (non-hydrogen) atoms. The maximum atomic E-state index is 5.71. The van der Waals surface area contributed by atoms with Gasteiger partial charge in [-0.15, -0.1) is 0 Å². The van der Waals surface area contributed by atoms with Crippen LogP contribution < -0.4 is 4.74 Å². The van der Waals surface area contributed by atoms with Crippen LogP contribution in [0.3, 0.4) is 0 Å². The number of hydrogen-bond donors (Lipinski definition) is 1. The summed E-state index contributed by atoms with van der Waals surface area (Å²) < 4.78 is 5.71. The Bertz CT molecular complexity index is 488. The molecule has 0 aliphatic carbocycles. The highest BCUT2D eigenvalue weighted by atomic mass is 32.1. The van der Waals surface area contributed by atoms with E-state index in [2.05, 4.69) is 24.8 Å². The van der Waals surface area contributed by atoms with E-state index in [0.717, 1.165) is 17.1 Å². The summed E-state index contributed by atoms with van der Waals surface area (Å²) in [7, 11) is 0. The lowest BCUT2D eigenvalue weighted by molar-refractivity contribution is 0.306. The van der Waals surface area contributed by atoms with Crippen molar-refractivity contribution in [3.63, 3.8) is 0 Å². The SMILES string of the molecule is SCC=Cc1ccc(OCc2ccccc2)cc1. The highest BCUT2D eigenvalue weighted by Crippen LogP contribution is 2.15. The van der Waals surface area contributed by atoms with Gasteiger partial charge in [-0.3, -0.25) is 0 Å². The first-order valence-corrected chi connectivity index (χ1v) is 6.56. The summed E-state index contributed by atoms with van der Waals surface area (Å²) in [5.41, 5.74) is 2.34. The normalized spacial score (nSPS) is 10.7. The zero-order valence-electron chi connectivity index (χ0n) is 10.1. The zero-order chi connectivity index (χ0) is 12.6. The van der Waals surface area contributed by atoms with Crippen LogP contribution in [0.1, 0.15) is 11.1 Å². The van der Waals surface area contributed by atoms with Crippen molar-refractivity contribution in [1.29, 1.82) is 0 Å². The molecule has 0 N–H and O–H groups in total. The summed E-state index contributed by atoms with van der Waals surface area (Å²) in [6, 6.07) is 18.2. The molecule has 0 heterocycles. The van der Waals surface area contributed by atoms with Gasteiger partial charge in [0.15, 0.2) is 0 Å². The van der Waals surface area contributed by atoms with E-state index in [9.17, 15) is 0 Å². The fourth-order valence-corrected chi connectivity index (χ4v) is 1.71. The lowest BCUT2D eigenvalue weighted by atomic mass is 10.2. The predicted octanol–water partition coefficient (Wildman–Crippen LogP) is 4.21. The highest BCUT2D eigenvalue weighted by Gasteiger charge is 1.95. The van der Waals surface area contributed by atoms with Crippen LogP contribution in [0, 0.1) is 0 Å². The van der Waals surface area contributed by atoms with Crippen molar-refractivity contribution in [2.45, 2.75) is 6.61 Å². The molecule has 2 aromatic carbocycles. The summed E-state index contributed by atoms with van der Waals surface area (Å²) in [6.07, 6.45) is 4.07. The molecule has 0 aliphatic rings. The minimum Gasteiger partial charge on any atom is -0.489 e. The summed E-state index contributed by atoms with van der Waals surface area (Å²) in [5.74, 6) is 1.65. The molecule has 0 fully saturated rings. The predicted molar refractivity (Wildman–Crippen MR) is 80.1 cm³/mol. The van der Waals surface area contributed by atoms with Crippen LogP contribution in [0.5, 0.6) is 5.75 Å². The van der Waals surface area contributed by atoms with Crippen molar-refractivity contribution in [1.82, 2.24) is 0 Å². The molecule has 0 saturated heterocycles. The minimum absolute atomic E-state index is 0.604. The van der Waals surface area contributed by atoms with Gasteiger partial charge >= 0.3 is 0 Å². The molecule has 0 amide bonds. The molecule has 2 rings (SSSR count). The van der Waals surface area contributed by atoms with E-state index in [1.807, 2.05) is 54.6 Å². The maximum absolute atomic E-state index is 5.71. The van der Waals surface area contributed by atoms with Gasteiger partial charge in [-0.25, -0.2) is 0 Å². The molecule has 0 radical (unpaired) electrons. The van der Waals surface area contributed by atoms with Gasteiger partial charge in [0.25, 0.3) is 0 Å². The fraction of sp³-hybridized carbons (Fsp3) is 0.125. The van der Waals surface area contributed by atoms with Crippen LogP contribution in [0.25, 0.3) is 6.08 Å². The second-order valence-electron chi connectivity index (χ2n) is 3.93. The van der Waals surface area contributed by atoms with Crippen molar-refractivity contribution in [3.8, 4) is 5.75 Å². The third kappa shape index (κ3) is 3.97. The molecule has 92 valence electrons. The number of hydrogen-bond acceptors (Lipinski definition) is 2. The van der Waals surface area contributed by atoms with Crippen molar-refractivity contribution in [3.05, 3.63) is 71.8 Å². The largest absolute Gasteiger partial charge is 0.489 e. The Morgan fingerprint density at radius 1 is 0.944 bits per heavy atom. The summed E-state index contributed by atoms with van der Waals surface area (Å²) in [6.45, 7) is 0.604. The first-order valence-electron chi connectivity index (χ1n) is 5.92. The topological polar surface area (TPSA) is 9.23 Å². The van der Waals surface area contributed by atoms with Gasteiger partial charge in [-0.1, -0.05) is 54.6 Å². The summed E-state index contributed by atoms with van der Waals surface area (Å²) in [4.78, 5) is 0. The molecule has 1 nitrogen and oxygen atoms in total. The van der Waals surface area contributed by atoms with Gasteiger partial charge in [-0.05, 0) is 23.3 Å². The smallest absolute Gasteiger partial charge is 0.119 e. The maximum Gasteiger partial charge on any atom is 0.119 e. The summed E-state index contributed by atoms with van der Waals surface area (Å²) >= 11 is 4.13. The van der Waals surface area contributed by atoms with Crippen LogP contribution in [0.2, 0.25) is 0 Å². The fourth-order valence-electron chi connectivity index (χ4n) is 1.60. The average molecular weight is 256 g/mol. The molecule has 0 saturated carbocycles. The van der Waals surface area contributed by atoms with Crippen molar-refractivity contribution in [2.24, 2.45) is 0 Å². The zero-order valence-corrected chi connectivity index (χ0v) is 11.0. The number of ether oxygens (including phenoxy) is 1. The standard InChI is InChI=1S/C16H16OS/c18-12-4-7-14-8-10-16(11-9-14)17-13-15-5-2-1-3-6-15/h1-11,18H,12-13H2. The van der Waals surface area contributed by atoms with E-state index in [0.29, 0.717) is 6.61 Å². The Morgan fingerprint density at radius 2 is 1.67 bits per heavy atom. The second kappa shape index (κ2) is 6.92. The molecular weight excluding hydrogens is 240 g/mol. The van der Waals surface area contributed by atoms with Gasteiger partial charge < -0.3 is 4.74 Å². The Kier molecular flexibility index (Phi) is 4.91. The van der Waals surface area contributed by atoms with E-state index in [1.54, 1.807) is 0 Å². The van der Waals surface area contributed by atoms with Gasteiger partial charge in [-0.2, -0.15) is 12.6 Å². The van der Waals surface area contributed by atoms with Gasteiger partial charge in [0.05, 0.1) is 0 Å². The molecule has 0 atom stereocenters. The molecule has 0 unspecified atom stereocenters. The second-order valence-corrected chi connectivity index (χ2v) is 4.29. The molecule has 2 heteroatoms. The lowest BCUT2D eigenvalue weighted by Crippen LogP contribution is -1.94. The lowest BCUT2D eigenvalue weighted by Gasteiger charge is -2.06. The highest BCUT2D eigenvalue weighted by molar-refractivity contribution is 7.80. The van der Waals surface area contributed by atoms with Crippen LogP contribution in [-0.4, -0.2) is 5.75 Å². The van der Waals surface area contributed by atoms with Gasteiger partial charge in [0.1, 0.15) is 12.4 Å². The van der Waals surface area contributed by atoms with Crippen molar-refractivity contribution in [2.75, 3.05) is 5.75 Å². The number of thiol groups is 1. The molecule has 0 bridgehead atoms. The first-order chi connectivity index (χ1) is 8.88. The Hall–Kier alpha value is -1.67. The molecule has 0 aromatic heterocycles. The van der Waals surface area contributed by atoms with Crippen LogP contribution in [-0.2, 0) is 6.61 Å². The molecule has 2 aromatic rings. The first kappa shape index (κ1) is 12.8. The Balaban J connectivity index is 1.92. The third-order valence-corrected chi connectivity index (χ3v) is 2.75. The molecule has 0 aliphatic heterocycles. The van der Waals surface area contributed by atoms with E-state index in [4.69, 9.17) is 4.74 Å². The quantitative estimate of drug-likeness (QED) is 0.788. The van der Waals surface area contributed by atoms with Gasteiger partial charge in [0.2, 0.25) is 0 Å². The Morgan fingerprint density at radius 3 is 2.33 bits per heavy atom. The number of benzene rings is 2. The number of rotatable bonds is 5. The third-order valence-electron chi connectivity index (χ3n) is 2.54. The summed E-state index contributed by atoms with van der Waals surface area (Å²) in [5, 5.41) is 0. The molecular formula is C16H16OS. The van der Waals surface area contributed by atoms with Gasteiger partial charge in [0, 0.05) is 5.75 Å². The average Bonchev–Trinajstić information content (AvgIpc) is 2.45. The van der Waals surface area contributed by atoms with Crippen molar-refractivity contribution < 1.29 is 4.74 Å². The van der Waals surface area contributed by atoms with E-state index < -0.39 is 0 Å². The van der Waals surface area contributed by atoms with Crippen LogP contribution in [0.15, 0.2) is 60.7 Å². The minimum atomic E-state index is 0.604. The molecule has 0 spiro atoms. The monoisotopic (exact) mass is 256 g/mol. The Labute approximate surface area is 114 Å². The van der Waals surface area contributed by atoms with E-state index in [-0.39, 0.29) is 0 Å². The van der Waals surface area contributed by atoms with Crippen LogP contribution in [0.4, 0.5) is 0 Å². The van der Waals surface area contributed by atoms with E-state index >= 15 is 0 Å². The van der Waals surface area contributed by atoms with Crippen molar-refractivity contribution >= 4 is 18.7 Å². The van der Waals surface area contributed by atoms with E-state index in [1.165, 1.54) is 5.56 Å². The van der Waals surface area contributed by atoms with Crippen LogP contribution >= 0.6 is 12.6 Å².